The van der Waals surface area contributed by atoms with Gasteiger partial charge in [-0.15, -0.1) is 0 Å². The Bertz CT molecular complexity index is 1460. The summed E-state index contributed by atoms with van der Waals surface area (Å²) >= 11 is 0. The molecule has 1 N–H and O–H groups in total. The van der Waals surface area contributed by atoms with Gasteiger partial charge in [-0.25, -0.2) is 4.98 Å². The lowest BCUT2D eigenvalue weighted by atomic mass is 9.99. The monoisotopic (exact) mass is 434 g/mol. The van der Waals surface area contributed by atoms with Crippen LogP contribution in [0.1, 0.15) is 18.2 Å². The number of H-pyrrole nitrogens is 1. The summed E-state index contributed by atoms with van der Waals surface area (Å²) in [6, 6.07) is 20.1. The Kier molecular flexibility index (Phi) is 5.40. The Balaban J connectivity index is 1.54. The number of ether oxygens (including phenoxy) is 1. The highest BCUT2D eigenvalue weighted by molar-refractivity contribution is 5.95. The molecule has 0 atom stereocenters. The van der Waals surface area contributed by atoms with Gasteiger partial charge in [0.05, 0.1) is 11.4 Å². The number of hydrogen-bond acceptors (Lipinski definition) is 5. The van der Waals surface area contributed by atoms with Crippen LogP contribution in [0.3, 0.4) is 0 Å². The van der Waals surface area contributed by atoms with E-state index in [2.05, 4.69) is 27.1 Å². The Labute approximate surface area is 191 Å². The molecule has 1 aromatic carbocycles. The number of fused-ring (bicyclic) bond motifs is 1. The van der Waals surface area contributed by atoms with Gasteiger partial charge < -0.3 is 9.72 Å². The predicted molar refractivity (Wildman–Crippen MR) is 128 cm³/mol. The average molecular weight is 434 g/mol. The predicted octanol–water partition coefficient (Wildman–Crippen LogP) is 5.73. The highest BCUT2D eigenvalue weighted by atomic mass is 16.5. The first kappa shape index (κ1) is 20.6. The molecule has 0 fully saturated rings. The van der Waals surface area contributed by atoms with Crippen molar-refractivity contribution in [2.45, 2.75) is 20.5 Å². The van der Waals surface area contributed by atoms with E-state index in [1.165, 1.54) is 6.92 Å². The van der Waals surface area contributed by atoms with Crippen molar-refractivity contribution in [1.29, 1.82) is 0 Å². The molecule has 0 amide bonds. The van der Waals surface area contributed by atoms with Crippen LogP contribution in [0.25, 0.3) is 44.7 Å². The van der Waals surface area contributed by atoms with Crippen molar-refractivity contribution in [1.82, 2.24) is 19.9 Å². The number of benzene rings is 1. The molecule has 33 heavy (non-hydrogen) atoms. The lowest BCUT2D eigenvalue weighted by molar-refractivity contribution is -0.142. The molecular formula is C27H22N4O2. The first-order chi connectivity index (χ1) is 16.1. The number of esters is 1. The molecule has 5 rings (SSSR count). The van der Waals surface area contributed by atoms with Crippen molar-refractivity contribution in [3.05, 3.63) is 90.5 Å². The normalized spacial score (nSPS) is 11.0. The molecule has 0 spiro atoms. The second kappa shape index (κ2) is 8.67. The van der Waals surface area contributed by atoms with E-state index in [1.54, 1.807) is 0 Å². The first-order valence-corrected chi connectivity index (χ1v) is 10.7. The Morgan fingerprint density at radius 1 is 0.909 bits per heavy atom. The molecule has 0 radical (unpaired) electrons. The highest BCUT2D eigenvalue weighted by Crippen LogP contribution is 2.33. The summed E-state index contributed by atoms with van der Waals surface area (Å²) in [5.41, 5.74) is 8.42. The molecule has 162 valence electrons. The van der Waals surface area contributed by atoms with E-state index in [9.17, 15) is 4.79 Å². The zero-order chi connectivity index (χ0) is 22.8. The lowest BCUT2D eigenvalue weighted by Crippen LogP contribution is -1.98. The summed E-state index contributed by atoms with van der Waals surface area (Å²) in [4.78, 5) is 28.2. The zero-order valence-corrected chi connectivity index (χ0v) is 18.4. The van der Waals surface area contributed by atoms with Crippen LogP contribution in [-0.4, -0.2) is 25.9 Å². The molecule has 6 nitrogen and oxygen atoms in total. The van der Waals surface area contributed by atoms with Crippen LogP contribution in [0, 0.1) is 6.92 Å². The largest absolute Gasteiger partial charge is 0.461 e. The molecular weight excluding hydrogens is 412 g/mol. The van der Waals surface area contributed by atoms with Gasteiger partial charge in [0, 0.05) is 47.7 Å². The molecule has 0 saturated carbocycles. The van der Waals surface area contributed by atoms with Gasteiger partial charge in [-0.3, -0.25) is 14.8 Å². The van der Waals surface area contributed by atoms with Crippen molar-refractivity contribution < 1.29 is 9.53 Å². The topological polar surface area (TPSA) is 80.8 Å². The van der Waals surface area contributed by atoms with Crippen LogP contribution in [-0.2, 0) is 16.1 Å². The third-order valence-corrected chi connectivity index (χ3v) is 5.46. The molecule has 0 aliphatic carbocycles. The number of carbonyl (C=O) groups excluding carboxylic acids is 1. The Morgan fingerprint density at radius 2 is 1.73 bits per heavy atom. The van der Waals surface area contributed by atoms with Gasteiger partial charge in [0.1, 0.15) is 12.3 Å². The summed E-state index contributed by atoms with van der Waals surface area (Å²) < 4.78 is 5.07. The Hall–Kier alpha value is -4.32. The van der Waals surface area contributed by atoms with Gasteiger partial charge in [0.25, 0.3) is 0 Å². The molecule has 4 heterocycles. The minimum atomic E-state index is -0.287. The second-order valence-corrected chi connectivity index (χ2v) is 7.90. The number of nitrogens with zero attached hydrogens (tertiary/aromatic N) is 3. The number of pyridine rings is 3. The molecule has 0 saturated heterocycles. The van der Waals surface area contributed by atoms with Crippen LogP contribution in [0.2, 0.25) is 0 Å². The summed E-state index contributed by atoms with van der Waals surface area (Å²) in [6.45, 7) is 3.65. The van der Waals surface area contributed by atoms with Crippen LogP contribution < -0.4 is 0 Å². The van der Waals surface area contributed by atoms with Crippen LogP contribution in [0.5, 0.6) is 0 Å². The van der Waals surface area contributed by atoms with Gasteiger partial charge in [0.2, 0.25) is 0 Å². The van der Waals surface area contributed by atoms with Crippen LogP contribution >= 0.6 is 0 Å². The maximum absolute atomic E-state index is 11.0. The van der Waals surface area contributed by atoms with Crippen molar-refractivity contribution in [3.8, 4) is 33.6 Å². The molecule has 0 aliphatic rings. The summed E-state index contributed by atoms with van der Waals surface area (Å²) in [5.74, 6) is -0.287. The van der Waals surface area contributed by atoms with E-state index in [4.69, 9.17) is 9.72 Å². The third kappa shape index (κ3) is 4.36. The summed E-state index contributed by atoms with van der Waals surface area (Å²) in [5, 5.41) is 1.03. The molecule has 0 aliphatic heterocycles. The zero-order valence-electron chi connectivity index (χ0n) is 18.4. The van der Waals surface area contributed by atoms with E-state index < -0.39 is 0 Å². The van der Waals surface area contributed by atoms with E-state index in [0.29, 0.717) is 0 Å². The fourth-order valence-corrected chi connectivity index (χ4v) is 3.82. The number of aromatic nitrogens is 4. The highest BCUT2D eigenvalue weighted by Gasteiger charge is 2.12. The maximum atomic E-state index is 11.0. The van der Waals surface area contributed by atoms with Gasteiger partial charge in [0.15, 0.2) is 0 Å². The standard InChI is InChI=1S/C27H22N4O2/c1-17-4-3-5-25(30-17)26-13-24(23-10-11-29-27(23)31-26)22-12-21(14-28-15-22)20-8-6-19(7-9-20)16-33-18(2)32/h3-15H,16H2,1-2H3,(H,29,31). The van der Waals surface area contributed by atoms with Crippen molar-refractivity contribution in [2.24, 2.45) is 0 Å². The minimum Gasteiger partial charge on any atom is -0.461 e. The lowest BCUT2D eigenvalue weighted by Gasteiger charge is -2.10. The van der Waals surface area contributed by atoms with E-state index in [-0.39, 0.29) is 12.6 Å². The van der Waals surface area contributed by atoms with Crippen molar-refractivity contribution in [3.63, 3.8) is 0 Å². The van der Waals surface area contributed by atoms with Gasteiger partial charge in [-0.1, -0.05) is 30.3 Å². The van der Waals surface area contributed by atoms with E-state index in [1.807, 2.05) is 74.0 Å². The van der Waals surface area contributed by atoms with Crippen molar-refractivity contribution in [2.75, 3.05) is 0 Å². The molecule has 5 aromatic rings. The number of carbonyl (C=O) groups is 1. The summed E-state index contributed by atoms with van der Waals surface area (Å²) in [6.07, 6.45) is 5.62. The van der Waals surface area contributed by atoms with Gasteiger partial charge in [-0.2, -0.15) is 0 Å². The average Bonchev–Trinajstić information content (AvgIpc) is 3.31. The maximum Gasteiger partial charge on any atom is 0.302 e. The number of aryl methyl sites for hydroxylation is 1. The minimum absolute atomic E-state index is 0.270. The smallest absolute Gasteiger partial charge is 0.302 e. The van der Waals surface area contributed by atoms with E-state index in [0.717, 1.165) is 55.9 Å². The SMILES string of the molecule is CC(=O)OCc1ccc(-c2cncc(-c3cc(-c4cccc(C)n4)nc4[nH]ccc34)c2)cc1. The van der Waals surface area contributed by atoms with Gasteiger partial charge in [-0.05, 0) is 53.9 Å². The van der Waals surface area contributed by atoms with E-state index >= 15 is 0 Å². The molecule has 0 unspecified atom stereocenters. The Morgan fingerprint density at radius 3 is 2.52 bits per heavy atom. The van der Waals surface area contributed by atoms with Gasteiger partial charge >= 0.3 is 5.97 Å². The fraction of sp³-hybridized carbons (Fsp3) is 0.111. The quantitative estimate of drug-likeness (QED) is 0.358. The molecule has 0 bridgehead atoms. The molecule has 4 aromatic heterocycles. The number of rotatable bonds is 5. The first-order valence-electron chi connectivity index (χ1n) is 10.7. The third-order valence-electron chi connectivity index (χ3n) is 5.46. The second-order valence-electron chi connectivity index (χ2n) is 7.90. The number of hydrogen-bond donors (Lipinski definition) is 1. The molecule has 6 heteroatoms. The van der Waals surface area contributed by atoms with Crippen molar-refractivity contribution >= 4 is 17.0 Å². The van der Waals surface area contributed by atoms with Crippen LogP contribution in [0.15, 0.2) is 79.3 Å². The number of nitrogens with one attached hydrogen (secondary N) is 1. The fourth-order valence-electron chi connectivity index (χ4n) is 3.82. The summed E-state index contributed by atoms with van der Waals surface area (Å²) in [7, 11) is 0. The number of aromatic amines is 1. The van der Waals surface area contributed by atoms with Crippen LogP contribution in [0.4, 0.5) is 0 Å².